The zero-order valence-electron chi connectivity index (χ0n) is 8.71. The third kappa shape index (κ3) is 3.49. The van der Waals surface area contributed by atoms with Crippen LogP contribution in [0.25, 0.3) is 0 Å². The monoisotopic (exact) mass is 225 g/mol. The highest BCUT2D eigenvalue weighted by atomic mass is 35.5. The summed E-state index contributed by atoms with van der Waals surface area (Å²) in [5.41, 5.74) is 1.32. The van der Waals surface area contributed by atoms with Crippen molar-refractivity contribution >= 4 is 11.6 Å². The number of hydrogen-bond donors (Lipinski definition) is 1. The highest BCUT2D eigenvalue weighted by Crippen LogP contribution is 2.10. The fourth-order valence-corrected chi connectivity index (χ4v) is 1.89. The predicted octanol–water partition coefficient (Wildman–Crippen LogP) is 2.26. The standard InChI is InChI=1S/C12H16ClNO/c13-11-3-1-10(2-4-11)5-7-14-12-6-8-15-9-12/h1-4,12,14H,5-9H2. The summed E-state index contributed by atoms with van der Waals surface area (Å²) in [7, 11) is 0. The minimum absolute atomic E-state index is 0.553. The zero-order chi connectivity index (χ0) is 10.5. The summed E-state index contributed by atoms with van der Waals surface area (Å²) in [5.74, 6) is 0. The van der Waals surface area contributed by atoms with Gasteiger partial charge in [0, 0.05) is 17.7 Å². The number of halogens is 1. The number of ether oxygens (including phenoxy) is 1. The minimum Gasteiger partial charge on any atom is -0.380 e. The molecular weight excluding hydrogens is 210 g/mol. The van der Waals surface area contributed by atoms with Crippen molar-refractivity contribution in [2.24, 2.45) is 0 Å². The Bertz CT molecular complexity index is 293. The molecule has 0 aromatic heterocycles. The van der Waals surface area contributed by atoms with Gasteiger partial charge in [0.05, 0.1) is 6.61 Å². The summed E-state index contributed by atoms with van der Waals surface area (Å²) < 4.78 is 5.30. The highest BCUT2D eigenvalue weighted by Gasteiger charge is 2.13. The van der Waals surface area contributed by atoms with E-state index >= 15 is 0 Å². The van der Waals surface area contributed by atoms with E-state index in [9.17, 15) is 0 Å². The maximum Gasteiger partial charge on any atom is 0.0620 e. The number of rotatable bonds is 4. The van der Waals surface area contributed by atoms with Crippen LogP contribution in [-0.2, 0) is 11.2 Å². The Balaban J connectivity index is 1.71. The Hall–Kier alpha value is -0.570. The van der Waals surface area contributed by atoms with E-state index in [1.165, 1.54) is 5.56 Å². The van der Waals surface area contributed by atoms with Gasteiger partial charge in [-0.15, -0.1) is 0 Å². The molecule has 1 aromatic carbocycles. The Morgan fingerprint density at radius 1 is 1.33 bits per heavy atom. The maximum absolute atomic E-state index is 5.82. The van der Waals surface area contributed by atoms with Crippen LogP contribution in [0.2, 0.25) is 5.02 Å². The first-order valence-corrected chi connectivity index (χ1v) is 5.78. The van der Waals surface area contributed by atoms with Crippen molar-refractivity contribution in [2.75, 3.05) is 19.8 Å². The van der Waals surface area contributed by atoms with Crippen molar-refractivity contribution in [2.45, 2.75) is 18.9 Å². The van der Waals surface area contributed by atoms with Crippen LogP contribution in [-0.4, -0.2) is 25.8 Å². The molecule has 1 heterocycles. The van der Waals surface area contributed by atoms with E-state index in [4.69, 9.17) is 16.3 Å². The van der Waals surface area contributed by atoms with E-state index < -0.39 is 0 Å². The fraction of sp³-hybridized carbons (Fsp3) is 0.500. The van der Waals surface area contributed by atoms with Crippen molar-refractivity contribution in [3.63, 3.8) is 0 Å². The van der Waals surface area contributed by atoms with Crippen LogP contribution in [0.4, 0.5) is 0 Å². The molecular formula is C12H16ClNO. The first-order valence-electron chi connectivity index (χ1n) is 5.40. The molecule has 1 atom stereocenters. The summed E-state index contributed by atoms with van der Waals surface area (Å²) >= 11 is 5.82. The van der Waals surface area contributed by atoms with Crippen LogP contribution in [0.3, 0.4) is 0 Å². The lowest BCUT2D eigenvalue weighted by Crippen LogP contribution is -2.30. The minimum atomic E-state index is 0.553. The Kier molecular flexibility index (Phi) is 4.01. The van der Waals surface area contributed by atoms with Crippen molar-refractivity contribution in [1.29, 1.82) is 0 Å². The molecule has 0 saturated carbocycles. The van der Waals surface area contributed by atoms with Crippen LogP contribution < -0.4 is 5.32 Å². The quantitative estimate of drug-likeness (QED) is 0.849. The van der Waals surface area contributed by atoms with Crippen LogP contribution in [0, 0.1) is 0 Å². The van der Waals surface area contributed by atoms with E-state index in [0.717, 1.165) is 37.6 Å². The van der Waals surface area contributed by atoms with Gasteiger partial charge in [-0.2, -0.15) is 0 Å². The summed E-state index contributed by atoms with van der Waals surface area (Å²) in [6.45, 7) is 2.77. The molecule has 1 N–H and O–H groups in total. The van der Waals surface area contributed by atoms with E-state index in [-0.39, 0.29) is 0 Å². The summed E-state index contributed by atoms with van der Waals surface area (Å²) in [6.07, 6.45) is 2.19. The topological polar surface area (TPSA) is 21.3 Å². The molecule has 3 heteroatoms. The predicted molar refractivity (Wildman–Crippen MR) is 62.4 cm³/mol. The summed E-state index contributed by atoms with van der Waals surface area (Å²) in [4.78, 5) is 0. The Labute approximate surface area is 95.6 Å². The lowest BCUT2D eigenvalue weighted by Gasteiger charge is -2.09. The molecule has 0 amide bonds. The average molecular weight is 226 g/mol. The second-order valence-electron chi connectivity index (χ2n) is 3.89. The molecule has 1 saturated heterocycles. The van der Waals surface area contributed by atoms with Gasteiger partial charge in [0.15, 0.2) is 0 Å². The summed E-state index contributed by atoms with van der Waals surface area (Å²) in [5, 5.41) is 4.29. The third-order valence-corrected chi connectivity index (χ3v) is 2.94. The lowest BCUT2D eigenvalue weighted by molar-refractivity contribution is 0.190. The van der Waals surface area contributed by atoms with E-state index in [0.29, 0.717) is 6.04 Å². The zero-order valence-corrected chi connectivity index (χ0v) is 9.46. The lowest BCUT2D eigenvalue weighted by atomic mass is 10.1. The number of benzene rings is 1. The first-order chi connectivity index (χ1) is 7.34. The molecule has 82 valence electrons. The second-order valence-corrected chi connectivity index (χ2v) is 4.33. The third-order valence-electron chi connectivity index (χ3n) is 2.69. The van der Waals surface area contributed by atoms with Gasteiger partial charge in [-0.05, 0) is 37.1 Å². The van der Waals surface area contributed by atoms with Crippen molar-refractivity contribution < 1.29 is 4.74 Å². The van der Waals surface area contributed by atoms with Gasteiger partial charge in [0.2, 0.25) is 0 Å². The molecule has 15 heavy (non-hydrogen) atoms. The molecule has 1 aliphatic heterocycles. The molecule has 2 rings (SSSR count). The normalized spacial score (nSPS) is 20.7. The molecule has 1 fully saturated rings. The smallest absolute Gasteiger partial charge is 0.0620 e. The number of hydrogen-bond acceptors (Lipinski definition) is 2. The summed E-state index contributed by atoms with van der Waals surface area (Å²) in [6, 6.07) is 8.59. The SMILES string of the molecule is Clc1ccc(CCNC2CCOC2)cc1. The van der Waals surface area contributed by atoms with Crippen molar-refractivity contribution in [1.82, 2.24) is 5.32 Å². The Morgan fingerprint density at radius 2 is 2.13 bits per heavy atom. The van der Waals surface area contributed by atoms with Gasteiger partial charge in [-0.25, -0.2) is 0 Å². The maximum atomic E-state index is 5.82. The molecule has 0 radical (unpaired) electrons. The average Bonchev–Trinajstić information content (AvgIpc) is 2.74. The van der Waals surface area contributed by atoms with Crippen LogP contribution in [0.1, 0.15) is 12.0 Å². The Morgan fingerprint density at radius 3 is 2.80 bits per heavy atom. The van der Waals surface area contributed by atoms with Crippen LogP contribution in [0.5, 0.6) is 0 Å². The highest BCUT2D eigenvalue weighted by molar-refractivity contribution is 6.30. The van der Waals surface area contributed by atoms with Crippen LogP contribution in [0.15, 0.2) is 24.3 Å². The molecule has 1 aliphatic rings. The molecule has 1 unspecified atom stereocenters. The van der Waals surface area contributed by atoms with Crippen LogP contribution >= 0.6 is 11.6 Å². The van der Waals surface area contributed by atoms with Gasteiger partial charge in [-0.3, -0.25) is 0 Å². The van der Waals surface area contributed by atoms with E-state index in [1.54, 1.807) is 0 Å². The number of nitrogens with one attached hydrogen (secondary N) is 1. The van der Waals surface area contributed by atoms with Gasteiger partial charge in [-0.1, -0.05) is 23.7 Å². The van der Waals surface area contributed by atoms with Gasteiger partial charge in [0.1, 0.15) is 0 Å². The second kappa shape index (κ2) is 5.50. The van der Waals surface area contributed by atoms with Gasteiger partial charge >= 0.3 is 0 Å². The van der Waals surface area contributed by atoms with Crippen molar-refractivity contribution in [3.8, 4) is 0 Å². The van der Waals surface area contributed by atoms with Gasteiger partial charge in [0.25, 0.3) is 0 Å². The fourth-order valence-electron chi connectivity index (χ4n) is 1.77. The van der Waals surface area contributed by atoms with Gasteiger partial charge < -0.3 is 10.1 Å². The van der Waals surface area contributed by atoms with E-state index in [1.807, 2.05) is 12.1 Å². The first kappa shape index (κ1) is 10.9. The largest absolute Gasteiger partial charge is 0.380 e. The molecule has 0 spiro atoms. The molecule has 0 bridgehead atoms. The van der Waals surface area contributed by atoms with Crippen molar-refractivity contribution in [3.05, 3.63) is 34.9 Å². The molecule has 2 nitrogen and oxygen atoms in total. The molecule has 1 aromatic rings. The molecule has 0 aliphatic carbocycles. The van der Waals surface area contributed by atoms with E-state index in [2.05, 4.69) is 17.4 Å².